The molecule has 0 radical (unpaired) electrons. The van der Waals surface area contributed by atoms with E-state index in [2.05, 4.69) is 5.32 Å². The van der Waals surface area contributed by atoms with Crippen LogP contribution in [0.4, 0.5) is 0 Å². The largest absolute Gasteiger partial charge is 0.354 e. The predicted octanol–water partition coefficient (Wildman–Crippen LogP) is 2.75. The average molecular weight is 387 g/mol. The Morgan fingerprint density at radius 2 is 1.41 bits per heavy atom. The van der Waals surface area contributed by atoms with Gasteiger partial charge in [-0.05, 0) is 24.0 Å². The molecule has 0 aliphatic carbocycles. The highest BCUT2D eigenvalue weighted by Crippen LogP contribution is 2.24. The summed E-state index contributed by atoms with van der Waals surface area (Å²) in [7, 11) is -3.32. The Kier molecular flexibility index (Phi) is 6.63. The highest BCUT2D eigenvalue weighted by atomic mass is 32.2. The van der Waals surface area contributed by atoms with Crippen molar-refractivity contribution >= 4 is 15.9 Å². The topological polar surface area (TPSA) is 66.5 Å². The van der Waals surface area contributed by atoms with E-state index in [1.165, 1.54) is 0 Å². The van der Waals surface area contributed by atoms with Crippen LogP contribution >= 0.6 is 0 Å². The fourth-order valence-corrected chi connectivity index (χ4v) is 4.90. The summed E-state index contributed by atoms with van der Waals surface area (Å²) in [5.41, 5.74) is 1.78. The fraction of sp³-hybridized carbons (Fsp3) is 0.381. The third kappa shape index (κ3) is 5.17. The van der Waals surface area contributed by atoms with Crippen LogP contribution in [0.1, 0.15) is 36.3 Å². The zero-order valence-corrected chi connectivity index (χ0v) is 16.2. The Bertz CT molecular complexity index is 793. The van der Waals surface area contributed by atoms with Gasteiger partial charge in [0.25, 0.3) is 0 Å². The van der Waals surface area contributed by atoms with Crippen molar-refractivity contribution in [3.63, 3.8) is 0 Å². The first-order chi connectivity index (χ1) is 13.1. The molecule has 1 saturated heterocycles. The van der Waals surface area contributed by atoms with Crippen LogP contribution in [0.3, 0.4) is 0 Å². The van der Waals surface area contributed by atoms with E-state index in [-0.39, 0.29) is 18.2 Å². The van der Waals surface area contributed by atoms with Crippen molar-refractivity contribution in [3.8, 4) is 0 Å². The molecule has 1 aliphatic rings. The summed E-state index contributed by atoms with van der Waals surface area (Å²) in [5, 5.41) is 2.83. The predicted molar refractivity (Wildman–Crippen MR) is 107 cm³/mol. The van der Waals surface area contributed by atoms with Gasteiger partial charge in [0.05, 0.1) is 11.7 Å². The maximum absolute atomic E-state index is 12.9. The minimum Gasteiger partial charge on any atom is -0.354 e. The van der Waals surface area contributed by atoms with Crippen molar-refractivity contribution in [1.82, 2.24) is 9.62 Å². The molecule has 0 bridgehead atoms. The van der Waals surface area contributed by atoms with Gasteiger partial charge in [-0.1, -0.05) is 67.1 Å². The number of carbonyl (C=O) groups excluding carboxylic acids is 1. The number of rotatable bonds is 7. The molecule has 2 aromatic carbocycles. The molecule has 1 N–H and O–H groups in total. The second-order valence-electron chi connectivity index (χ2n) is 6.82. The summed E-state index contributed by atoms with van der Waals surface area (Å²) in [6, 6.07) is 19.1. The molecule has 0 aromatic heterocycles. The highest BCUT2D eigenvalue weighted by Gasteiger charge is 2.25. The number of hydrogen-bond acceptors (Lipinski definition) is 3. The van der Waals surface area contributed by atoms with Crippen molar-refractivity contribution in [2.45, 2.75) is 25.2 Å². The zero-order chi connectivity index (χ0) is 19.1. The zero-order valence-electron chi connectivity index (χ0n) is 15.4. The minimum absolute atomic E-state index is 0.0605. The monoisotopic (exact) mass is 386 g/mol. The molecule has 1 amide bonds. The van der Waals surface area contributed by atoms with Crippen LogP contribution < -0.4 is 5.32 Å². The number of carbonyl (C=O) groups is 1. The number of benzene rings is 2. The number of nitrogens with one attached hydrogen (secondary N) is 1. The molecule has 1 heterocycles. The van der Waals surface area contributed by atoms with E-state index >= 15 is 0 Å². The molecular formula is C21H26N2O3S. The molecule has 0 atom stereocenters. The number of hydrogen-bond donors (Lipinski definition) is 1. The summed E-state index contributed by atoms with van der Waals surface area (Å²) in [6.45, 7) is 1.30. The van der Waals surface area contributed by atoms with Crippen molar-refractivity contribution in [3.05, 3.63) is 71.8 Å². The number of piperidine rings is 1. The quantitative estimate of drug-likeness (QED) is 0.796. The molecule has 27 heavy (non-hydrogen) atoms. The normalized spacial score (nSPS) is 15.6. The maximum atomic E-state index is 12.9. The van der Waals surface area contributed by atoms with E-state index in [1.54, 1.807) is 4.31 Å². The summed E-state index contributed by atoms with van der Waals surface area (Å²) >= 11 is 0. The molecule has 1 aliphatic heterocycles. The third-order valence-electron chi connectivity index (χ3n) is 4.90. The van der Waals surface area contributed by atoms with Gasteiger partial charge >= 0.3 is 0 Å². The second-order valence-corrected chi connectivity index (χ2v) is 8.91. The molecular weight excluding hydrogens is 360 g/mol. The number of nitrogens with zero attached hydrogens (tertiary/aromatic N) is 1. The van der Waals surface area contributed by atoms with Crippen LogP contribution in [-0.2, 0) is 14.8 Å². The Balaban J connectivity index is 1.66. The van der Waals surface area contributed by atoms with Gasteiger partial charge in [0.2, 0.25) is 15.9 Å². The first-order valence-corrected chi connectivity index (χ1v) is 11.0. The Labute approximate surface area is 161 Å². The smallest absolute Gasteiger partial charge is 0.232 e. The molecule has 0 spiro atoms. The van der Waals surface area contributed by atoms with E-state index in [4.69, 9.17) is 0 Å². The summed E-state index contributed by atoms with van der Waals surface area (Å²) < 4.78 is 26.5. The SMILES string of the molecule is O=C(NCCS(=O)(=O)N1CCCCC1)C(c1ccccc1)c1ccccc1. The first kappa shape index (κ1) is 19.6. The molecule has 0 saturated carbocycles. The Morgan fingerprint density at radius 1 is 0.889 bits per heavy atom. The van der Waals surface area contributed by atoms with Crippen LogP contribution in [0.5, 0.6) is 0 Å². The van der Waals surface area contributed by atoms with Gasteiger partial charge in [-0.15, -0.1) is 0 Å². The lowest BCUT2D eigenvalue weighted by Crippen LogP contribution is -2.41. The molecule has 6 heteroatoms. The van der Waals surface area contributed by atoms with Gasteiger partial charge < -0.3 is 5.32 Å². The second kappa shape index (κ2) is 9.15. The average Bonchev–Trinajstić information content (AvgIpc) is 2.70. The third-order valence-corrected chi connectivity index (χ3v) is 6.77. The van der Waals surface area contributed by atoms with Gasteiger partial charge in [0, 0.05) is 19.6 Å². The van der Waals surface area contributed by atoms with Crippen molar-refractivity contribution < 1.29 is 13.2 Å². The van der Waals surface area contributed by atoms with Gasteiger partial charge in [-0.2, -0.15) is 0 Å². The molecule has 144 valence electrons. The standard InChI is InChI=1S/C21H26N2O3S/c24-21(22-14-17-27(25,26)23-15-8-3-9-16-23)20(18-10-4-1-5-11-18)19-12-6-2-7-13-19/h1-2,4-7,10-13,20H,3,8-9,14-17H2,(H,22,24). The highest BCUT2D eigenvalue weighted by molar-refractivity contribution is 7.89. The first-order valence-electron chi connectivity index (χ1n) is 9.43. The van der Waals surface area contributed by atoms with Gasteiger partial charge in [0.15, 0.2) is 0 Å². The Morgan fingerprint density at radius 3 is 1.93 bits per heavy atom. The van der Waals surface area contributed by atoms with E-state index in [0.29, 0.717) is 13.1 Å². The van der Waals surface area contributed by atoms with E-state index < -0.39 is 15.9 Å². The maximum Gasteiger partial charge on any atom is 0.232 e. The lowest BCUT2D eigenvalue weighted by atomic mass is 9.90. The number of amides is 1. The molecule has 3 rings (SSSR count). The van der Waals surface area contributed by atoms with E-state index in [0.717, 1.165) is 30.4 Å². The van der Waals surface area contributed by atoms with Crippen LogP contribution in [0.15, 0.2) is 60.7 Å². The summed E-state index contributed by atoms with van der Waals surface area (Å²) in [6.07, 6.45) is 2.91. The lowest BCUT2D eigenvalue weighted by Gasteiger charge is -2.26. The molecule has 0 unspecified atom stereocenters. The van der Waals surface area contributed by atoms with Crippen LogP contribution in [0, 0.1) is 0 Å². The van der Waals surface area contributed by atoms with Crippen LogP contribution in [0.2, 0.25) is 0 Å². The summed E-state index contributed by atoms with van der Waals surface area (Å²) in [4.78, 5) is 12.9. The van der Waals surface area contributed by atoms with Gasteiger partial charge in [0.1, 0.15) is 0 Å². The van der Waals surface area contributed by atoms with Crippen molar-refractivity contribution in [2.75, 3.05) is 25.4 Å². The van der Waals surface area contributed by atoms with Gasteiger partial charge in [-0.3, -0.25) is 4.79 Å². The Hall–Kier alpha value is -2.18. The number of sulfonamides is 1. The summed E-state index contributed by atoms with van der Waals surface area (Å²) in [5.74, 6) is -0.694. The molecule has 5 nitrogen and oxygen atoms in total. The van der Waals surface area contributed by atoms with Crippen molar-refractivity contribution in [1.29, 1.82) is 0 Å². The lowest BCUT2D eigenvalue weighted by molar-refractivity contribution is -0.121. The van der Waals surface area contributed by atoms with Crippen LogP contribution in [-0.4, -0.2) is 44.0 Å². The molecule has 2 aromatic rings. The van der Waals surface area contributed by atoms with E-state index in [9.17, 15) is 13.2 Å². The van der Waals surface area contributed by atoms with Gasteiger partial charge in [-0.25, -0.2) is 12.7 Å². The fourth-order valence-electron chi connectivity index (χ4n) is 3.46. The van der Waals surface area contributed by atoms with Crippen LogP contribution in [0.25, 0.3) is 0 Å². The van der Waals surface area contributed by atoms with E-state index in [1.807, 2.05) is 60.7 Å². The molecule has 1 fully saturated rings. The minimum atomic E-state index is -3.32. The van der Waals surface area contributed by atoms with Crippen molar-refractivity contribution in [2.24, 2.45) is 0 Å².